The molecule has 0 saturated heterocycles. The summed E-state index contributed by atoms with van der Waals surface area (Å²) in [5, 5.41) is 88.8. The van der Waals surface area contributed by atoms with Gasteiger partial charge in [-0.25, -0.2) is 0 Å². The number of benzene rings is 4. The summed E-state index contributed by atoms with van der Waals surface area (Å²) < 4.78 is 79.7. The number of aliphatic hydroxyl groups is 8. The summed E-state index contributed by atoms with van der Waals surface area (Å²) in [6.07, 6.45) is 36.1. The number of alkyl halides is 3. The van der Waals surface area contributed by atoms with E-state index in [9.17, 15) is 54.0 Å². The van der Waals surface area contributed by atoms with Gasteiger partial charge in [-0.15, -0.1) is 0 Å². The van der Waals surface area contributed by atoms with Crippen molar-refractivity contribution in [2.45, 2.75) is 439 Å². The van der Waals surface area contributed by atoms with Gasteiger partial charge < -0.3 is 40.9 Å². The van der Waals surface area contributed by atoms with Crippen LogP contribution in [0.15, 0.2) is 120 Å². The molecule has 0 spiro atoms. The molecule has 0 aliphatic heterocycles. The lowest BCUT2D eigenvalue weighted by molar-refractivity contribution is -0.296. The summed E-state index contributed by atoms with van der Waals surface area (Å²) in [5.41, 5.74) is 6.90. The molecule has 14 saturated carbocycles. The van der Waals surface area contributed by atoms with E-state index in [-0.39, 0.29) is 81.7 Å². The Balaban J connectivity index is 0.000000127. The lowest BCUT2D eigenvalue weighted by Gasteiger charge is -2.61. The topological polar surface area (TPSA) is 162 Å². The van der Waals surface area contributed by atoms with Gasteiger partial charge in [0.05, 0.1) is 41.2 Å². The summed E-state index contributed by atoms with van der Waals surface area (Å²) >= 11 is 0. The van der Waals surface area contributed by atoms with Crippen LogP contribution in [0.2, 0.25) is 0 Å². The lowest BCUT2D eigenvalue weighted by atomic mass is 9.44. The Hall–Kier alpha value is -4.17. The Bertz CT molecular complexity index is 4880. The van der Waals surface area contributed by atoms with Crippen molar-refractivity contribution in [2.24, 2.45) is 150 Å². The molecule has 738 valence electrons. The molecule has 0 amide bonds. The van der Waals surface area contributed by atoms with Gasteiger partial charge in [0.25, 0.3) is 0 Å². The molecular formula is C122H181F3O8. The zero-order valence-corrected chi connectivity index (χ0v) is 85.0. The Morgan fingerprint density at radius 1 is 0.338 bits per heavy atom. The summed E-state index contributed by atoms with van der Waals surface area (Å²) in [5.74, 6) is 8.50. The van der Waals surface area contributed by atoms with Crippen LogP contribution >= 0.6 is 0 Å². The van der Waals surface area contributed by atoms with Gasteiger partial charge in [0.15, 0.2) is 5.60 Å². The first-order valence-electron chi connectivity index (χ1n) is 56.7. The largest absolute Gasteiger partial charge is 0.417 e. The first-order chi connectivity index (χ1) is 64.4. The van der Waals surface area contributed by atoms with Gasteiger partial charge >= 0.3 is 6.18 Å². The van der Waals surface area contributed by atoms with E-state index in [4.69, 9.17) is 5.48 Å². The molecule has 20 rings (SSSR count). The third-order valence-corrected chi connectivity index (χ3v) is 45.1. The van der Waals surface area contributed by atoms with E-state index in [1.165, 1.54) is 105 Å². The van der Waals surface area contributed by atoms with E-state index in [0.29, 0.717) is 64.6 Å². The van der Waals surface area contributed by atoms with Crippen molar-refractivity contribution in [3.63, 3.8) is 0 Å². The standard InChI is InChI=1S/C31H48O2.C31H46O2.C30H43F3O2.C30H44O2/c2*1-5-31(33,19-14-22-8-6-21(2)7-9-22)28-13-12-26-25-11-10-23-20-24(32)15-17-29(23,3)27(25)16-18-30(26,28)4;1-19-4-6-20(7-5-19)12-17-29(35,30(31,32)33)26-11-10-24-23-9-8-21-18-22(34)13-15-27(21,2)25(23)14-16-28(24,26)3;1-20-5-7-21(8-6-20)13-18-30(4,32)27-12-11-25-24-10-9-22-19-23(31)14-16-28(22,2)26(24)15-17-29(25,27)3/h6-9,23-28,32-33H,5,10-20H2,1-4H3;6-10,24-28,32-33H,5,11-20H2,1-4H3;4-7,21-26,34-35H,8-18H2,1-3H3;5-9,23-27,31-32H,10-19H2,1-4H3/t23-,24-,25-,26-,27-,28-,29-,30-,31+;24-,25-,26-,27-,28-,29-,30-,31+;21-,22-,23-,24-,25-,26-,27-,28-,29+;23-,24-,25-,26-,27-,28-,29-,30+/m0000/s1/i;;;13D2,18D2. The van der Waals surface area contributed by atoms with E-state index in [1.807, 2.05) is 50.2 Å². The maximum Gasteiger partial charge on any atom is 0.417 e. The van der Waals surface area contributed by atoms with Crippen molar-refractivity contribution in [2.75, 3.05) is 0 Å². The second kappa shape index (κ2) is 38.3. The maximum absolute atomic E-state index is 14.6. The van der Waals surface area contributed by atoms with Crippen molar-refractivity contribution in [3.05, 3.63) is 165 Å². The van der Waals surface area contributed by atoms with Crippen LogP contribution in [-0.2, 0) is 25.6 Å². The Labute approximate surface area is 808 Å². The second-order valence-corrected chi connectivity index (χ2v) is 51.2. The minimum absolute atomic E-state index is 0.0579. The number of aryl methyl sites for hydroxylation is 8. The number of halogens is 3. The number of rotatable bonds is 18. The van der Waals surface area contributed by atoms with Gasteiger partial charge in [0.1, 0.15) is 0 Å². The molecule has 4 aromatic carbocycles. The average Bonchev–Trinajstić information content (AvgIpc) is 1.60. The average molecular weight is 1840 g/mol. The van der Waals surface area contributed by atoms with Crippen LogP contribution in [0.4, 0.5) is 13.2 Å². The molecule has 4 aromatic rings. The molecule has 0 aromatic heterocycles. The van der Waals surface area contributed by atoms with Crippen LogP contribution in [0.3, 0.4) is 0 Å². The molecule has 0 bridgehead atoms. The number of allylic oxidation sites excluding steroid dienone is 2. The minimum Gasteiger partial charge on any atom is -0.393 e. The molecule has 16 aliphatic rings. The molecule has 0 heterocycles. The Kier molecular flexibility index (Phi) is 27.3. The number of fused-ring (bicyclic) bond motifs is 20. The fourth-order valence-electron chi connectivity index (χ4n) is 37.2. The second-order valence-electron chi connectivity index (χ2n) is 51.2. The fourth-order valence-corrected chi connectivity index (χ4v) is 37.2. The highest BCUT2D eigenvalue weighted by Gasteiger charge is 2.71. The molecule has 34 atom stereocenters. The molecule has 16 aliphatic carbocycles. The van der Waals surface area contributed by atoms with Crippen LogP contribution in [0, 0.1) is 178 Å². The van der Waals surface area contributed by atoms with Crippen LogP contribution in [0.25, 0.3) is 0 Å². The predicted octanol–water partition coefficient (Wildman–Crippen LogP) is 28.0. The van der Waals surface area contributed by atoms with Gasteiger partial charge in [0, 0.05) is 11.4 Å². The van der Waals surface area contributed by atoms with Crippen LogP contribution < -0.4 is 0 Å². The third-order valence-electron chi connectivity index (χ3n) is 45.1. The van der Waals surface area contributed by atoms with Gasteiger partial charge in [-0.05, 0) is 483 Å². The van der Waals surface area contributed by atoms with Crippen molar-refractivity contribution in [1.82, 2.24) is 0 Å². The van der Waals surface area contributed by atoms with Crippen LogP contribution in [-0.4, -0.2) is 93.8 Å². The van der Waals surface area contributed by atoms with Crippen LogP contribution in [0.5, 0.6) is 0 Å². The van der Waals surface area contributed by atoms with Crippen molar-refractivity contribution in [3.8, 4) is 0 Å². The smallest absolute Gasteiger partial charge is 0.393 e. The maximum atomic E-state index is 14.6. The van der Waals surface area contributed by atoms with E-state index < -0.39 is 52.7 Å². The first kappa shape index (κ1) is 95.0. The number of hydrogen-bond donors (Lipinski definition) is 8. The Morgan fingerprint density at radius 2 is 0.647 bits per heavy atom. The van der Waals surface area contributed by atoms with Crippen molar-refractivity contribution < 1.29 is 59.5 Å². The van der Waals surface area contributed by atoms with Gasteiger partial charge in [-0.2, -0.15) is 13.2 Å². The third kappa shape index (κ3) is 18.5. The zero-order chi connectivity index (χ0) is 98.4. The quantitative estimate of drug-likeness (QED) is 0.0457. The van der Waals surface area contributed by atoms with Crippen LogP contribution in [0.1, 0.15) is 383 Å². The summed E-state index contributed by atoms with van der Waals surface area (Å²) in [6, 6.07) is 32.3. The highest BCUT2D eigenvalue weighted by molar-refractivity contribution is 5.31. The molecule has 8 nitrogen and oxygen atoms in total. The van der Waals surface area contributed by atoms with Gasteiger partial charge in [0.2, 0.25) is 0 Å². The van der Waals surface area contributed by atoms with E-state index in [0.717, 1.165) is 231 Å². The van der Waals surface area contributed by atoms with Gasteiger partial charge in [-0.3, -0.25) is 0 Å². The normalized spacial score (nSPS) is 43.8. The highest BCUT2D eigenvalue weighted by Crippen LogP contribution is 2.75. The first-order valence-corrected chi connectivity index (χ1v) is 54.7. The molecule has 0 radical (unpaired) electrons. The van der Waals surface area contributed by atoms with E-state index >= 15 is 0 Å². The lowest BCUT2D eigenvalue weighted by Crippen LogP contribution is -2.59. The summed E-state index contributed by atoms with van der Waals surface area (Å²) in [6.45, 7) is 33.5. The van der Waals surface area contributed by atoms with Crippen molar-refractivity contribution >= 4 is 0 Å². The number of aliphatic hydroxyl groups excluding tert-OH is 4. The minimum atomic E-state index is -4.64. The van der Waals surface area contributed by atoms with Crippen molar-refractivity contribution in [1.29, 1.82) is 0 Å². The number of hydrogen-bond acceptors (Lipinski definition) is 8. The molecular weight excluding hydrogens is 1650 g/mol. The van der Waals surface area contributed by atoms with E-state index in [1.54, 1.807) is 24.6 Å². The zero-order valence-electron chi connectivity index (χ0n) is 89.0. The monoisotopic (exact) mass is 1840 g/mol. The predicted molar refractivity (Wildman–Crippen MR) is 535 cm³/mol. The molecule has 14 fully saturated rings. The van der Waals surface area contributed by atoms with Gasteiger partial charge in [-0.1, -0.05) is 212 Å². The van der Waals surface area contributed by atoms with E-state index in [2.05, 4.69) is 144 Å². The summed E-state index contributed by atoms with van der Waals surface area (Å²) in [7, 11) is 0. The fraction of sp³-hybridized carbons (Fsp3) is 0.770. The summed E-state index contributed by atoms with van der Waals surface area (Å²) in [4.78, 5) is 0. The SMILES string of the molecule is CC[C@@](O)(CCc1ccc(C)cc1)[C@H]1CC[C@H]2[C@@H]3CC=C4C[C@@H](O)CC[C@]4(C)[C@H]3CC[C@]12C.CC[C@@](O)(CCc1ccc(C)cc1)[C@H]1CC[C@H]2[C@@H]3CC[C@H]4C[C@@H](O)CC[C@]4(C)[C@H]3CC[C@]12C.Cc1ccc(CC[C@@](O)([C@H]2CC[C@H]3[C@@H]4CC[C@H]5C[C@@H](O)CC[C@]5(C)[C@H]4CC[C@@]32C)C(F)(F)F)cc1.[2H]C([2H])(c1ccc(C)cc1)C([2H])([2H])[C@@](C)(O)[C@H]1CC[C@H]2[C@@H]3CC=C4C[C@@H](O)CC[C@]4(C)[C@H]3CC[C@@]21C. The molecule has 133 heavy (non-hydrogen) atoms. The molecule has 8 N–H and O–H groups in total. The molecule has 11 heteroatoms. The highest BCUT2D eigenvalue weighted by atomic mass is 19.4. The Morgan fingerprint density at radius 3 is 1.02 bits per heavy atom. The molecule has 0 unspecified atom stereocenters.